The largest absolute Gasteiger partial charge is 0.490 e. The number of anilines is 1. The Morgan fingerprint density at radius 2 is 2.00 bits per heavy atom. The second-order valence-electron chi connectivity index (χ2n) is 7.75. The minimum Gasteiger partial charge on any atom is -0.490 e. The first-order valence-electron chi connectivity index (χ1n) is 10.3. The van der Waals surface area contributed by atoms with Crippen molar-refractivity contribution in [3.63, 3.8) is 0 Å². The molecular formula is C22H22N4O5S. The molecule has 0 aliphatic carbocycles. The molecule has 9 nitrogen and oxygen atoms in total. The molecule has 2 N–H and O–H groups in total. The van der Waals surface area contributed by atoms with Crippen molar-refractivity contribution < 1.29 is 23.1 Å². The van der Waals surface area contributed by atoms with Crippen molar-refractivity contribution in [2.24, 2.45) is 0 Å². The highest BCUT2D eigenvalue weighted by atomic mass is 32.2. The van der Waals surface area contributed by atoms with Crippen LogP contribution < -0.4 is 10.1 Å². The molecule has 0 bridgehead atoms. The van der Waals surface area contributed by atoms with Gasteiger partial charge in [0, 0.05) is 24.8 Å². The minimum absolute atomic E-state index is 0.104. The van der Waals surface area contributed by atoms with Crippen LogP contribution in [-0.4, -0.2) is 53.3 Å². The molecule has 32 heavy (non-hydrogen) atoms. The van der Waals surface area contributed by atoms with Gasteiger partial charge in [0.15, 0.2) is 0 Å². The molecule has 0 radical (unpaired) electrons. The van der Waals surface area contributed by atoms with E-state index in [-0.39, 0.29) is 30.5 Å². The Morgan fingerprint density at radius 3 is 2.75 bits per heavy atom. The number of nitrogens with one attached hydrogen (secondary N) is 1. The van der Waals surface area contributed by atoms with Gasteiger partial charge in [0.1, 0.15) is 12.4 Å². The standard InChI is InChI=1S/C22H22N4O5S/c27-14-18(15-4-2-1-3-5-15)22(28)25-11-16-12-26(24-20(16)13-25)32(29,30)17-6-7-21-19(10-17)23-8-9-31-21/h1-7,10,12,18,23,27H,8-9,11,13-14H2/t18-/m0/s1. The summed E-state index contributed by atoms with van der Waals surface area (Å²) in [5.41, 5.74) is 2.57. The second kappa shape index (κ2) is 7.95. The van der Waals surface area contributed by atoms with Gasteiger partial charge in [-0.2, -0.15) is 17.6 Å². The summed E-state index contributed by atoms with van der Waals surface area (Å²) in [6.45, 7) is 1.27. The summed E-state index contributed by atoms with van der Waals surface area (Å²) in [5, 5.41) is 17.2. The Labute approximate surface area is 185 Å². The van der Waals surface area contributed by atoms with Crippen molar-refractivity contribution in [3.05, 3.63) is 71.5 Å². The van der Waals surface area contributed by atoms with E-state index in [1.54, 1.807) is 23.1 Å². The van der Waals surface area contributed by atoms with Gasteiger partial charge < -0.3 is 20.1 Å². The van der Waals surface area contributed by atoms with Gasteiger partial charge in [-0.15, -0.1) is 0 Å². The van der Waals surface area contributed by atoms with Crippen LogP contribution in [0.2, 0.25) is 0 Å². The van der Waals surface area contributed by atoms with Gasteiger partial charge in [-0.25, -0.2) is 0 Å². The quantitative estimate of drug-likeness (QED) is 0.601. The lowest BCUT2D eigenvalue weighted by Crippen LogP contribution is -2.33. The van der Waals surface area contributed by atoms with Crippen LogP contribution in [-0.2, 0) is 27.9 Å². The zero-order valence-electron chi connectivity index (χ0n) is 17.1. The van der Waals surface area contributed by atoms with E-state index >= 15 is 0 Å². The van der Waals surface area contributed by atoms with Gasteiger partial charge in [0.2, 0.25) is 5.91 Å². The van der Waals surface area contributed by atoms with E-state index in [2.05, 4.69) is 10.4 Å². The molecule has 5 rings (SSSR count). The SMILES string of the molecule is O=C([C@@H](CO)c1ccccc1)N1Cc2cn(S(=O)(=O)c3ccc4c(c3)NCCO4)nc2C1. The third kappa shape index (κ3) is 3.51. The molecule has 0 fully saturated rings. The highest BCUT2D eigenvalue weighted by Gasteiger charge is 2.33. The number of carbonyl (C=O) groups is 1. The Kier molecular flexibility index (Phi) is 5.10. The van der Waals surface area contributed by atoms with Crippen LogP contribution in [0.15, 0.2) is 59.6 Å². The summed E-state index contributed by atoms with van der Waals surface area (Å²) < 4.78 is 32.7. The molecule has 0 saturated heterocycles. The summed E-state index contributed by atoms with van der Waals surface area (Å²) in [7, 11) is -3.89. The maximum absolute atomic E-state index is 13.1. The van der Waals surface area contributed by atoms with Crippen LogP contribution in [0.5, 0.6) is 5.75 Å². The normalized spacial score (nSPS) is 16.0. The Morgan fingerprint density at radius 1 is 1.19 bits per heavy atom. The summed E-state index contributed by atoms with van der Waals surface area (Å²) in [4.78, 5) is 14.7. The lowest BCUT2D eigenvalue weighted by Gasteiger charge is -2.22. The second-order valence-corrected chi connectivity index (χ2v) is 9.55. The Bertz CT molecular complexity index is 1250. The zero-order chi connectivity index (χ0) is 22.3. The highest BCUT2D eigenvalue weighted by Crippen LogP contribution is 2.32. The van der Waals surface area contributed by atoms with E-state index in [1.165, 1.54) is 18.3 Å². The molecule has 1 atom stereocenters. The van der Waals surface area contributed by atoms with Gasteiger partial charge >= 0.3 is 0 Å². The van der Waals surface area contributed by atoms with Crippen molar-refractivity contribution in [1.29, 1.82) is 0 Å². The van der Waals surface area contributed by atoms with Crippen LogP contribution in [0.25, 0.3) is 0 Å². The number of carbonyl (C=O) groups excluding carboxylic acids is 1. The van der Waals surface area contributed by atoms with Crippen LogP contribution in [0.3, 0.4) is 0 Å². The summed E-state index contributed by atoms with van der Waals surface area (Å²) in [6, 6.07) is 13.8. The highest BCUT2D eigenvalue weighted by molar-refractivity contribution is 7.89. The first kappa shape index (κ1) is 20.5. The van der Waals surface area contributed by atoms with Crippen LogP contribution >= 0.6 is 0 Å². The van der Waals surface area contributed by atoms with Gasteiger partial charge in [-0.1, -0.05) is 30.3 Å². The van der Waals surface area contributed by atoms with Crippen molar-refractivity contribution in [2.45, 2.75) is 23.9 Å². The predicted octanol–water partition coefficient (Wildman–Crippen LogP) is 1.54. The van der Waals surface area contributed by atoms with Crippen molar-refractivity contribution in [3.8, 4) is 5.75 Å². The number of ether oxygens (including phenoxy) is 1. The van der Waals surface area contributed by atoms with Crippen molar-refractivity contribution in [1.82, 2.24) is 14.1 Å². The number of amides is 1. The first-order chi connectivity index (χ1) is 15.5. The number of aliphatic hydroxyl groups is 1. The van der Waals surface area contributed by atoms with Gasteiger partial charge in [0.05, 0.1) is 35.3 Å². The van der Waals surface area contributed by atoms with Gasteiger partial charge in [0.25, 0.3) is 10.0 Å². The number of benzene rings is 2. The molecule has 1 aromatic heterocycles. The van der Waals surface area contributed by atoms with Gasteiger partial charge in [-0.05, 0) is 23.8 Å². The smallest absolute Gasteiger partial charge is 0.283 e. The molecule has 3 heterocycles. The average molecular weight is 455 g/mol. The molecule has 2 aliphatic heterocycles. The number of aliphatic hydroxyl groups excluding tert-OH is 1. The molecule has 10 heteroatoms. The molecule has 166 valence electrons. The molecule has 2 aromatic carbocycles. The van der Waals surface area contributed by atoms with Crippen molar-refractivity contribution >= 4 is 21.6 Å². The van der Waals surface area contributed by atoms with E-state index in [1.807, 2.05) is 18.2 Å². The molecule has 1 amide bonds. The monoisotopic (exact) mass is 454 g/mol. The molecule has 0 saturated carbocycles. The number of nitrogens with zero attached hydrogens (tertiary/aromatic N) is 3. The zero-order valence-corrected chi connectivity index (χ0v) is 18.0. The predicted molar refractivity (Wildman–Crippen MR) is 116 cm³/mol. The average Bonchev–Trinajstić information content (AvgIpc) is 3.40. The van der Waals surface area contributed by atoms with E-state index < -0.39 is 15.9 Å². The lowest BCUT2D eigenvalue weighted by atomic mass is 9.98. The van der Waals surface area contributed by atoms with E-state index in [9.17, 15) is 18.3 Å². The molecule has 0 unspecified atom stereocenters. The fraction of sp³-hybridized carbons (Fsp3) is 0.273. The minimum atomic E-state index is -3.89. The lowest BCUT2D eigenvalue weighted by molar-refractivity contribution is -0.134. The third-order valence-corrected chi connectivity index (χ3v) is 7.25. The molecule has 3 aromatic rings. The maximum Gasteiger partial charge on any atom is 0.283 e. The van der Waals surface area contributed by atoms with Crippen molar-refractivity contribution in [2.75, 3.05) is 25.1 Å². The fourth-order valence-electron chi connectivity index (χ4n) is 4.03. The maximum atomic E-state index is 13.1. The Balaban J connectivity index is 1.36. The van der Waals surface area contributed by atoms with Crippen LogP contribution in [0.1, 0.15) is 22.7 Å². The summed E-state index contributed by atoms with van der Waals surface area (Å²) in [6.07, 6.45) is 1.46. The van der Waals surface area contributed by atoms with Crippen LogP contribution in [0.4, 0.5) is 5.69 Å². The van der Waals surface area contributed by atoms with Crippen LogP contribution in [0, 0.1) is 0 Å². The molecular weight excluding hydrogens is 432 g/mol. The molecule has 2 aliphatic rings. The number of hydrogen-bond acceptors (Lipinski definition) is 7. The molecule has 0 spiro atoms. The van der Waals surface area contributed by atoms with E-state index in [4.69, 9.17) is 4.74 Å². The fourth-order valence-corrected chi connectivity index (χ4v) is 5.22. The topological polar surface area (TPSA) is 114 Å². The Hall–Kier alpha value is -3.37. The van der Waals surface area contributed by atoms with Gasteiger partial charge in [-0.3, -0.25) is 4.79 Å². The third-order valence-electron chi connectivity index (χ3n) is 5.72. The summed E-state index contributed by atoms with van der Waals surface area (Å²) >= 11 is 0. The number of aromatic nitrogens is 2. The van der Waals surface area contributed by atoms with E-state index in [0.717, 1.165) is 9.65 Å². The number of rotatable bonds is 5. The summed E-state index contributed by atoms with van der Waals surface area (Å²) in [5.74, 6) is -0.266. The van der Waals surface area contributed by atoms with E-state index in [0.29, 0.717) is 35.8 Å². The first-order valence-corrected chi connectivity index (χ1v) is 11.7. The number of hydrogen-bond donors (Lipinski definition) is 2. The number of fused-ring (bicyclic) bond motifs is 2.